The van der Waals surface area contributed by atoms with E-state index in [1.54, 1.807) is 18.0 Å². The minimum absolute atomic E-state index is 0.198. The average Bonchev–Trinajstić information content (AvgIpc) is 3.04. The topological polar surface area (TPSA) is 90.3 Å². The van der Waals surface area contributed by atoms with Gasteiger partial charge in [0.25, 0.3) is 0 Å². The molecule has 0 saturated heterocycles. The Balaban J connectivity index is 1.57. The van der Waals surface area contributed by atoms with E-state index >= 15 is 0 Å². The van der Waals surface area contributed by atoms with Crippen LogP contribution in [0.5, 0.6) is 5.75 Å². The number of amides is 1. The summed E-state index contributed by atoms with van der Waals surface area (Å²) in [6.07, 6.45) is 7.33. The van der Waals surface area contributed by atoms with Crippen molar-refractivity contribution in [3.8, 4) is 5.75 Å². The maximum absolute atomic E-state index is 13.1. The molecule has 39 heavy (non-hydrogen) atoms. The number of fused-ring (bicyclic) bond motifs is 3. The van der Waals surface area contributed by atoms with Crippen LogP contribution < -0.4 is 9.64 Å². The predicted octanol–water partition coefficient (Wildman–Crippen LogP) is 5.29. The van der Waals surface area contributed by atoms with E-state index in [0.29, 0.717) is 18.7 Å². The Labute approximate surface area is 235 Å². The van der Waals surface area contributed by atoms with Gasteiger partial charge in [0, 0.05) is 37.1 Å². The van der Waals surface area contributed by atoms with Gasteiger partial charge in [-0.25, -0.2) is 0 Å². The third kappa shape index (κ3) is 5.90. The number of carbonyl (C=O) groups is 2. The first-order valence-corrected chi connectivity index (χ1v) is 14.6. The lowest BCUT2D eigenvalue weighted by atomic mass is 9.70. The Bertz CT molecular complexity index is 1240. The Morgan fingerprint density at radius 2 is 1.82 bits per heavy atom. The van der Waals surface area contributed by atoms with Crippen LogP contribution in [0.4, 0.5) is 5.69 Å². The molecule has 2 aromatic rings. The zero-order valence-corrected chi connectivity index (χ0v) is 23.5. The number of halogens is 1. The van der Waals surface area contributed by atoms with E-state index in [1.807, 2.05) is 18.2 Å². The molecule has 0 fully saturated rings. The molecule has 1 amide bonds. The van der Waals surface area contributed by atoms with Crippen LogP contribution in [0.15, 0.2) is 36.4 Å². The van der Waals surface area contributed by atoms with E-state index in [2.05, 4.69) is 17.0 Å². The second-order valence-corrected chi connectivity index (χ2v) is 12.1. The predicted molar refractivity (Wildman–Crippen MR) is 152 cm³/mol. The number of carbonyl (C=O) groups excluding carboxylic acids is 1. The summed E-state index contributed by atoms with van der Waals surface area (Å²) in [6.45, 7) is 2.73. The van der Waals surface area contributed by atoms with Gasteiger partial charge in [0.2, 0.25) is 5.91 Å². The van der Waals surface area contributed by atoms with Crippen molar-refractivity contribution in [2.45, 2.75) is 75.2 Å². The number of aliphatic carboxylic acids is 1. The molecule has 2 aromatic carbocycles. The van der Waals surface area contributed by atoms with Crippen LogP contribution in [0.2, 0.25) is 5.02 Å². The van der Waals surface area contributed by atoms with Crippen molar-refractivity contribution < 1.29 is 24.5 Å². The molecular weight excluding hydrogens is 516 g/mol. The standard InChI is InChI=1S/C31H39ClN2O5/c1-33-14-5-3-2-4-6-15-34-20-30(13-7-8-22-16-24(32)10-11-25(22)30)21-39-27-12-9-23(17-26(27)34)31(38,18-28(33)35)19-29(36)37/h9-12,16-17,38H,2-8,13-15,18-21H2,1H3,(H,36,37)/t30-,31+/m0/s1. The Hall–Kier alpha value is -2.77. The number of anilines is 1. The van der Waals surface area contributed by atoms with Crippen molar-refractivity contribution in [3.63, 3.8) is 0 Å². The van der Waals surface area contributed by atoms with Gasteiger partial charge in [-0.3, -0.25) is 9.59 Å². The Kier molecular flexibility index (Phi) is 8.11. The molecule has 1 spiro atoms. The van der Waals surface area contributed by atoms with Gasteiger partial charge in [0.15, 0.2) is 0 Å². The first-order chi connectivity index (χ1) is 18.7. The van der Waals surface area contributed by atoms with Crippen molar-refractivity contribution in [1.29, 1.82) is 0 Å². The molecule has 2 N–H and O–H groups in total. The lowest BCUT2D eigenvalue weighted by Crippen LogP contribution is -2.46. The molecular formula is C31H39ClN2O5. The largest absolute Gasteiger partial charge is 0.490 e. The number of benzene rings is 2. The van der Waals surface area contributed by atoms with Gasteiger partial charge in [-0.05, 0) is 73.1 Å². The van der Waals surface area contributed by atoms with Crippen molar-refractivity contribution in [2.75, 3.05) is 38.2 Å². The van der Waals surface area contributed by atoms with Gasteiger partial charge in [-0.15, -0.1) is 0 Å². The van der Waals surface area contributed by atoms with Gasteiger partial charge in [0.05, 0.1) is 25.1 Å². The lowest BCUT2D eigenvalue weighted by molar-refractivity contribution is -0.146. The van der Waals surface area contributed by atoms with Crippen molar-refractivity contribution in [1.82, 2.24) is 4.90 Å². The number of hydrogen-bond donors (Lipinski definition) is 2. The molecule has 2 bridgehead atoms. The summed E-state index contributed by atoms with van der Waals surface area (Å²) in [6, 6.07) is 11.6. The molecule has 3 aliphatic rings. The number of hydrogen-bond acceptors (Lipinski definition) is 5. The van der Waals surface area contributed by atoms with E-state index < -0.39 is 18.0 Å². The third-order valence-electron chi connectivity index (χ3n) is 8.81. The summed E-state index contributed by atoms with van der Waals surface area (Å²) >= 11 is 6.36. The molecule has 8 heteroatoms. The Morgan fingerprint density at radius 3 is 2.62 bits per heavy atom. The van der Waals surface area contributed by atoms with Crippen molar-refractivity contribution in [3.05, 3.63) is 58.1 Å². The molecule has 210 valence electrons. The maximum atomic E-state index is 13.1. The molecule has 2 aliphatic heterocycles. The maximum Gasteiger partial charge on any atom is 0.306 e. The summed E-state index contributed by atoms with van der Waals surface area (Å²) < 4.78 is 6.52. The smallest absolute Gasteiger partial charge is 0.306 e. The lowest BCUT2D eigenvalue weighted by Gasteiger charge is -2.41. The fraction of sp³-hybridized carbons (Fsp3) is 0.548. The number of rotatable bonds is 2. The number of carboxylic acid groups (broad SMARTS) is 1. The van der Waals surface area contributed by atoms with Crippen LogP contribution >= 0.6 is 11.6 Å². The number of aryl methyl sites for hydroxylation is 1. The molecule has 2 atom stereocenters. The summed E-state index contributed by atoms with van der Waals surface area (Å²) in [4.78, 5) is 28.9. The Morgan fingerprint density at radius 1 is 1.05 bits per heavy atom. The highest BCUT2D eigenvalue weighted by Gasteiger charge is 2.43. The second-order valence-electron chi connectivity index (χ2n) is 11.7. The summed E-state index contributed by atoms with van der Waals surface area (Å²) in [5, 5.41) is 22.1. The highest BCUT2D eigenvalue weighted by atomic mass is 35.5. The van der Waals surface area contributed by atoms with Crippen LogP contribution in [0.1, 0.15) is 74.5 Å². The van der Waals surface area contributed by atoms with Gasteiger partial charge >= 0.3 is 5.97 Å². The van der Waals surface area contributed by atoms with Gasteiger partial charge in [0.1, 0.15) is 11.4 Å². The number of ether oxygens (including phenoxy) is 1. The fourth-order valence-corrected chi connectivity index (χ4v) is 6.84. The van der Waals surface area contributed by atoms with Crippen LogP contribution in [-0.2, 0) is 27.0 Å². The van der Waals surface area contributed by atoms with Gasteiger partial charge in [-0.1, -0.05) is 43.0 Å². The highest BCUT2D eigenvalue weighted by Crippen LogP contribution is 2.46. The van der Waals surface area contributed by atoms with Crippen LogP contribution in [0.3, 0.4) is 0 Å². The zero-order valence-electron chi connectivity index (χ0n) is 22.8. The molecule has 7 nitrogen and oxygen atoms in total. The number of carboxylic acids is 1. The fourth-order valence-electron chi connectivity index (χ4n) is 6.65. The first kappa shape index (κ1) is 27.8. The van der Waals surface area contributed by atoms with E-state index in [9.17, 15) is 19.8 Å². The SMILES string of the molecule is CN1CCCCCCCN2C[C@@]3(CCCc4cc(Cl)ccc43)COc3ccc(cc32)[C@](O)(CC(=O)O)CC1=O. The highest BCUT2D eigenvalue weighted by molar-refractivity contribution is 6.30. The molecule has 0 unspecified atom stereocenters. The minimum Gasteiger partial charge on any atom is -0.490 e. The molecule has 1 aliphatic carbocycles. The van der Waals surface area contributed by atoms with Gasteiger partial charge in [-0.2, -0.15) is 0 Å². The van der Waals surface area contributed by atoms with Crippen molar-refractivity contribution >= 4 is 29.2 Å². The molecule has 0 aromatic heterocycles. The quantitative estimate of drug-likeness (QED) is 0.524. The zero-order chi connectivity index (χ0) is 27.6. The normalized spacial score (nSPS) is 26.2. The van der Waals surface area contributed by atoms with Gasteiger partial charge < -0.3 is 24.7 Å². The second kappa shape index (κ2) is 11.4. The monoisotopic (exact) mass is 554 g/mol. The summed E-state index contributed by atoms with van der Waals surface area (Å²) in [5.41, 5.74) is 1.83. The third-order valence-corrected chi connectivity index (χ3v) is 9.04. The average molecular weight is 555 g/mol. The minimum atomic E-state index is -1.82. The van der Waals surface area contributed by atoms with E-state index in [0.717, 1.165) is 80.9 Å². The summed E-state index contributed by atoms with van der Waals surface area (Å²) in [7, 11) is 1.73. The molecule has 0 radical (unpaired) electrons. The van der Waals surface area contributed by atoms with Crippen LogP contribution in [0, 0.1) is 0 Å². The van der Waals surface area contributed by atoms with E-state index in [-0.39, 0.29) is 17.7 Å². The molecule has 0 saturated carbocycles. The first-order valence-electron chi connectivity index (χ1n) is 14.2. The number of nitrogens with zero attached hydrogens (tertiary/aromatic N) is 2. The van der Waals surface area contributed by atoms with E-state index in [4.69, 9.17) is 16.3 Å². The molecule has 5 rings (SSSR count). The number of aliphatic hydroxyl groups is 1. The van der Waals surface area contributed by atoms with Crippen LogP contribution in [-0.4, -0.2) is 60.3 Å². The van der Waals surface area contributed by atoms with E-state index in [1.165, 1.54) is 11.1 Å². The van der Waals surface area contributed by atoms with Crippen molar-refractivity contribution in [2.24, 2.45) is 0 Å². The van der Waals surface area contributed by atoms with Crippen LogP contribution in [0.25, 0.3) is 0 Å². The summed E-state index contributed by atoms with van der Waals surface area (Å²) in [5.74, 6) is -0.680. The molecule has 2 heterocycles.